The van der Waals surface area contributed by atoms with Crippen molar-refractivity contribution in [3.8, 4) is 0 Å². The summed E-state index contributed by atoms with van der Waals surface area (Å²) in [6, 6.07) is 13.3. The van der Waals surface area contributed by atoms with Crippen molar-refractivity contribution in [1.82, 2.24) is 0 Å². The number of aryl methyl sites for hydroxylation is 2. The largest absolute Gasteiger partial charge is 1.00 e. The molecule has 36 heavy (non-hydrogen) atoms. The molecule has 2 rings (SSSR count). The smallest absolute Gasteiger partial charge is 0.766 e. The summed E-state index contributed by atoms with van der Waals surface area (Å²) in [5.41, 5.74) is 2.08. The van der Waals surface area contributed by atoms with E-state index >= 15 is 0 Å². The Hall–Kier alpha value is 1.44. The van der Waals surface area contributed by atoms with Crippen LogP contribution in [0.5, 0.6) is 0 Å². The topological polar surface area (TPSA) is 91.3 Å². The number of carbonyl (C=O) groups is 1. The first-order chi connectivity index (χ1) is 16.2. The van der Waals surface area contributed by atoms with Gasteiger partial charge in [0.2, 0.25) is 8.87 Å². The van der Waals surface area contributed by atoms with Crippen LogP contribution in [0.1, 0.15) is 37.8 Å². The van der Waals surface area contributed by atoms with Gasteiger partial charge >= 0.3 is 51.4 Å². The molecular weight excluding hydrogens is 674 g/mol. The van der Waals surface area contributed by atoms with Crippen molar-refractivity contribution in [1.29, 1.82) is 0 Å². The second-order valence-corrected chi connectivity index (χ2v) is 15.3. The molecule has 0 saturated heterocycles. The Labute approximate surface area is 286 Å². The molecule has 2 aromatic carbocycles. The monoisotopic (exact) mass is 704 g/mol. The number of hydrogen-bond donors (Lipinski definition) is 0. The predicted molar refractivity (Wildman–Crippen MR) is 157 cm³/mol. The van der Waals surface area contributed by atoms with Gasteiger partial charge in [-0.3, -0.25) is 4.21 Å². The molecule has 1 unspecified atom stereocenters. The zero-order chi connectivity index (χ0) is 27.5. The van der Waals surface area contributed by atoms with E-state index in [-0.39, 0.29) is 62.1 Å². The third kappa shape index (κ3) is 24.5. The molecule has 13 heteroatoms. The molecule has 0 amide bonds. The molecule has 0 aromatic heterocycles. The van der Waals surface area contributed by atoms with Crippen LogP contribution in [0.2, 0.25) is 0 Å². The zero-order valence-electron chi connectivity index (χ0n) is 21.2. The van der Waals surface area contributed by atoms with E-state index in [9.17, 15) is 22.0 Å². The molecule has 1 atom stereocenters. The Morgan fingerprint density at radius 2 is 1.25 bits per heavy atom. The summed E-state index contributed by atoms with van der Waals surface area (Å²) >= 11 is 18.3. The molecule has 0 saturated carbocycles. The van der Waals surface area contributed by atoms with Crippen molar-refractivity contribution in [2.45, 2.75) is 50.3 Å². The summed E-state index contributed by atoms with van der Waals surface area (Å²) in [6.07, 6.45) is 1.78. The summed E-state index contributed by atoms with van der Waals surface area (Å²) in [5, 5.41) is 1.02. The molecular formula is C23H32BrCl2KO5S4. The van der Waals surface area contributed by atoms with E-state index < -0.39 is 17.6 Å². The van der Waals surface area contributed by atoms with Gasteiger partial charge in [-0.05, 0) is 95.6 Å². The van der Waals surface area contributed by atoms with Crippen LogP contribution in [0, 0.1) is 13.8 Å². The van der Waals surface area contributed by atoms with Gasteiger partial charge in [-0.2, -0.15) is 0 Å². The number of alkyl halides is 3. The molecule has 2 aromatic rings. The molecule has 0 aliphatic carbocycles. The summed E-state index contributed by atoms with van der Waals surface area (Å²) in [5.74, 6) is 1.97. The van der Waals surface area contributed by atoms with Gasteiger partial charge < -0.3 is 9.35 Å². The number of benzene rings is 2. The minimum atomic E-state index is -3.44. The fourth-order valence-electron chi connectivity index (χ4n) is 1.75. The minimum absolute atomic E-state index is 0. The molecule has 0 radical (unpaired) electrons. The summed E-state index contributed by atoms with van der Waals surface area (Å²) in [7, 11) is -5.68. The Kier molecular flexibility index (Phi) is 28.2. The van der Waals surface area contributed by atoms with Crippen molar-refractivity contribution in [2.75, 3.05) is 22.8 Å². The number of Topliss-reactive ketones (excluding diaryl/α,β-unsaturated/α-hetero) is 1. The van der Waals surface area contributed by atoms with Gasteiger partial charge in [0.15, 0.2) is 0 Å². The van der Waals surface area contributed by atoms with Crippen molar-refractivity contribution >= 4 is 84.5 Å². The molecule has 0 spiro atoms. The van der Waals surface area contributed by atoms with E-state index in [2.05, 4.69) is 27.1 Å². The van der Waals surface area contributed by atoms with Crippen molar-refractivity contribution < 1.29 is 73.4 Å². The summed E-state index contributed by atoms with van der Waals surface area (Å²) in [4.78, 5) is 10.0. The molecule has 0 bridgehead atoms. The van der Waals surface area contributed by atoms with Crippen LogP contribution in [0.25, 0.3) is 0 Å². The summed E-state index contributed by atoms with van der Waals surface area (Å²) in [6.45, 7) is 6.87. The second-order valence-electron chi connectivity index (χ2n) is 7.04. The SMILES string of the molecule is CC(C)=O.Cc1ccc(S(=O)(=O)SCCCCl)cc1.Cc1ccc(S(=O)([O-])=S)cc1.ClCCCBr.[K+]. The Morgan fingerprint density at radius 3 is 1.53 bits per heavy atom. The number of carbonyl (C=O) groups excluding carboxylic acids is 1. The van der Waals surface area contributed by atoms with Crippen molar-refractivity contribution in [3.63, 3.8) is 0 Å². The average molecular weight is 707 g/mol. The quantitative estimate of drug-likeness (QED) is 0.178. The van der Waals surface area contributed by atoms with E-state index in [1.165, 1.54) is 26.0 Å². The fraction of sp³-hybridized carbons (Fsp3) is 0.435. The molecule has 0 fully saturated rings. The fourth-order valence-corrected chi connectivity index (χ4v) is 6.42. The zero-order valence-corrected chi connectivity index (χ0v) is 30.7. The van der Waals surface area contributed by atoms with E-state index in [0.29, 0.717) is 22.9 Å². The maximum atomic E-state index is 11.7. The standard InChI is InChI=1S/C10H13ClO2S2.C7H8O2S2.C3H6BrCl.C3H6O.K/c1-9-3-5-10(6-4-9)15(12,13)14-8-2-7-11;1-6-2-4-7(5-3-6)11(8,9)10;4-2-1-3-5;1-3(2)4;/h3-6H,2,7-8H2,1H3;2-5H,1H3,(H,8,9,10);1-3H2;1-2H3;/q;;;;+1/p-1. The van der Waals surface area contributed by atoms with Crippen LogP contribution in [0.3, 0.4) is 0 Å². The van der Waals surface area contributed by atoms with Crippen LogP contribution in [-0.4, -0.2) is 45.8 Å². The van der Waals surface area contributed by atoms with E-state index in [0.717, 1.165) is 39.6 Å². The maximum Gasteiger partial charge on any atom is 1.00 e. The van der Waals surface area contributed by atoms with Crippen LogP contribution < -0.4 is 51.4 Å². The van der Waals surface area contributed by atoms with Crippen LogP contribution in [0.15, 0.2) is 58.3 Å². The van der Waals surface area contributed by atoms with Gasteiger partial charge in [0.1, 0.15) is 5.78 Å². The first-order valence-electron chi connectivity index (χ1n) is 10.3. The van der Waals surface area contributed by atoms with E-state index in [4.69, 9.17) is 23.2 Å². The Balaban J connectivity index is -0.000000454. The molecule has 200 valence electrons. The number of rotatable bonds is 8. The minimum Gasteiger partial charge on any atom is -0.766 e. The van der Waals surface area contributed by atoms with Crippen LogP contribution >= 0.6 is 49.9 Å². The number of halogens is 3. The molecule has 5 nitrogen and oxygen atoms in total. The number of ketones is 1. The van der Waals surface area contributed by atoms with Gasteiger partial charge in [0.25, 0.3) is 0 Å². The van der Waals surface area contributed by atoms with Gasteiger partial charge in [0, 0.05) is 27.7 Å². The third-order valence-electron chi connectivity index (χ3n) is 3.40. The average Bonchev–Trinajstić information content (AvgIpc) is 2.75. The third-order valence-corrected chi connectivity index (χ3v) is 9.55. The normalized spacial score (nSPS) is 11.6. The molecule has 0 aliphatic rings. The van der Waals surface area contributed by atoms with Crippen LogP contribution in [-0.2, 0) is 33.6 Å². The number of hydrogen-bond acceptors (Lipinski definition) is 7. The maximum absolute atomic E-state index is 11.7. The molecule has 0 aliphatic heterocycles. The first kappa shape index (κ1) is 41.9. The predicted octanol–water partition coefficient (Wildman–Crippen LogP) is 3.89. The van der Waals surface area contributed by atoms with Gasteiger partial charge in [-0.25, -0.2) is 8.42 Å². The first-order valence-corrected chi connectivity index (χ1v) is 17.9. The van der Waals surface area contributed by atoms with Gasteiger partial charge in [-0.15, -0.1) is 23.2 Å². The Morgan fingerprint density at radius 1 is 0.889 bits per heavy atom. The van der Waals surface area contributed by atoms with Crippen molar-refractivity contribution in [3.05, 3.63) is 59.7 Å². The van der Waals surface area contributed by atoms with Crippen molar-refractivity contribution in [2.24, 2.45) is 0 Å². The van der Waals surface area contributed by atoms with Crippen LogP contribution in [0.4, 0.5) is 0 Å². The van der Waals surface area contributed by atoms with E-state index in [1.807, 2.05) is 13.8 Å². The molecule has 0 heterocycles. The molecule has 0 N–H and O–H groups in total. The summed E-state index contributed by atoms with van der Waals surface area (Å²) < 4.78 is 45.0. The second kappa shape index (κ2) is 24.3. The van der Waals surface area contributed by atoms with Gasteiger partial charge in [-0.1, -0.05) is 51.3 Å². The van der Waals surface area contributed by atoms with E-state index in [1.54, 1.807) is 36.4 Å². The Bertz CT molecular complexity index is 1040. The van der Waals surface area contributed by atoms with Gasteiger partial charge in [0.05, 0.1) is 4.90 Å².